The summed E-state index contributed by atoms with van der Waals surface area (Å²) in [4.78, 5) is 0. The van der Waals surface area contributed by atoms with Gasteiger partial charge in [0.1, 0.15) is 0 Å². The average molecular weight is 274 g/mol. The Bertz CT molecular complexity index is 543. The van der Waals surface area contributed by atoms with E-state index in [0.29, 0.717) is 0 Å². The van der Waals surface area contributed by atoms with Crippen molar-refractivity contribution in [3.63, 3.8) is 0 Å². The molecule has 3 nitrogen and oxygen atoms in total. The van der Waals surface area contributed by atoms with Crippen LogP contribution in [0.15, 0.2) is 36.4 Å². The van der Waals surface area contributed by atoms with Crippen molar-refractivity contribution < 1.29 is 4.43 Å². The highest BCUT2D eigenvalue weighted by molar-refractivity contribution is 6.69. The first-order chi connectivity index (χ1) is 8.87. The van der Waals surface area contributed by atoms with Crippen LogP contribution in [0.2, 0.25) is 19.6 Å². The lowest BCUT2D eigenvalue weighted by Crippen LogP contribution is -2.32. The second-order valence-electron chi connectivity index (χ2n) is 5.86. The minimum absolute atomic E-state index is 0.124. The monoisotopic (exact) mass is 274 g/mol. The Morgan fingerprint density at radius 1 is 1.11 bits per heavy atom. The molecule has 2 aromatic rings. The summed E-state index contributed by atoms with van der Waals surface area (Å²) in [5, 5.41) is 4.58. The molecule has 0 bridgehead atoms. The Morgan fingerprint density at radius 2 is 1.74 bits per heavy atom. The Kier molecular flexibility index (Phi) is 3.92. The van der Waals surface area contributed by atoms with Crippen LogP contribution in [0.25, 0.3) is 0 Å². The molecule has 0 spiro atoms. The average Bonchev–Trinajstić information content (AvgIpc) is 2.65. The molecule has 1 heterocycles. The highest BCUT2D eigenvalue weighted by atomic mass is 28.4. The standard InChI is InChI=1S/C15H22N2OSi/c1-12-11-13(2)17(16-12)15(18-19(3,4)5)14-9-7-6-8-10-14/h6-11,15H,1-5H3. The van der Waals surface area contributed by atoms with Crippen molar-refractivity contribution in [3.8, 4) is 0 Å². The third kappa shape index (κ3) is 3.55. The first kappa shape index (κ1) is 14.0. The van der Waals surface area contributed by atoms with Crippen molar-refractivity contribution in [3.05, 3.63) is 53.3 Å². The van der Waals surface area contributed by atoms with Gasteiger partial charge in [-0.05, 0) is 39.6 Å². The predicted molar refractivity (Wildman–Crippen MR) is 80.7 cm³/mol. The third-order valence-electron chi connectivity index (χ3n) is 2.82. The van der Waals surface area contributed by atoms with Crippen molar-refractivity contribution in [2.24, 2.45) is 0 Å². The van der Waals surface area contributed by atoms with Crippen LogP contribution in [0.1, 0.15) is 23.2 Å². The molecule has 0 aliphatic carbocycles. The molecule has 0 N–H and O–H groups in total. The van der Waals surface area contributed by atoms with Gasteiger partial charge >= 0.3 is 0 Å². The molecule has 2 rings (SSSR count). The molecular weight excluding hydrogens is 252 g/mol. The summed E-state index contributed by atoms with van der Waals surface area (Å²) >= 11 is 0. The highest BCUT2D eigenvalue weighted by Gasteiger charge is 2.25. The van der Waals surface area contributed by atoms with Crippen LogP contribution in [0.3, 0.4) is 0 Å². The number of hydrogen-bond acceptors (Lipinski definition) is 2. The van der Waals surface area contributed by atoms with E-state index in [-0.39, 0.29) is 6.23 Å². The van der Waals surface area contributed by atoms with E-state index < -0.39 is 8.32 Å². The maximum atomic E-state index is 6.34. The zero-order valence-corrected chi connectivity index (χ0v) is 13.3. The van der Waals surface area contributed by atoms with Gasteiger partial charge in [-0.1, -0.05) is 30.3 Å². The second-order valence-corrected chi connectivity index (χ2v) is 10.3. The normalized spacial score (nSPS) is 13.5. The summed E-state index contributed by atoms with van der Waals surface area (Å²) in [7, 11) is -1.66. The molecule has 0 aliphatic heterocycles. The molecule has 0 saturated heterocycles. The lowest BCUT2D eigenvalue weighted by molar-refractivity contribution is 0.148. The van der Waals surface area contributed by atoms with E-state index in [4.69, 9.17) is 4.43 Å². The molecule has 4 heteroatoms. The summed E-state index contributed by atoms with van der Waals surface area (Å²) in [5.41, 5.74) is 3.30. The number of aromatic nitrogens is 2. The van der Waals surface area contributed by atoms with Crippen molar-refractivity contribution in [1.82, 2.24) is 9.78 Å². The van der Waals surface area contributed by atoms with E-state index in [2.05, 4.69) is 49.9 Å². The lowest BCUT2D eigenvalue weighted by Gasteiger charge is -2.28. The van der Waals surface area contributed by atoms with Crippen LogP contribution in [0.4, 0.5) is 0 Å². The van der Waals surface area contributed by atoms with Crippen LogP contribution >= 0.6 is 0 Å². The largest absolute Gasteiger partial charge is 0.393 e. The Labute approximate surface area is 116 Å². The van der Waals surface area contributed by atoms with E-state index in [0.717, 1.165) is 17.0 Å². The van der Waals surface area contributed by atoms with Gasteiger partial charge in [-0.2, -0.15) is 5.10 Å². The van der Waals surface area contributed by atoms with E-state index >= 15 is 0 Å². The Morgan fingerprint density at radius 3 is 2.21 bits per heavy atom. The van der Waals surface area contributed by atoms with Gasteiger partial charge in [0.2, 0.25) is 0 Å². The summed E-state index contributed by atoms with van der Waals surface area (Å²) in [5.74, 6) is 0. The van der Waals surface area contributed by atoms with E-state index in [1.807, 2.05) is 29.8 Å². The summed E-state index contributed by atoms with van der Waals surface area (Å²) in [6.07, 6.45) is -0.124. The van der Waals surface area contributed by atoms with Crippen LogP contribution in [0.5, 0.6) is 0 Å². The Balaban J connectivity index is 2.43. The summed E-state index contributed by atoms with van der Waals surface area (Å²) < 4.78 is 8.33. The third-order valence-corrected chi connectivity index (χ3v) is 3.75. The van der Waals surface area contributed by atoms with Gasteiger partial charge in [0, 0.05) is 11.3 Å². The number of nitrogens with zero attached hydrogens (tertiary/aromatic N) is 2. The van der Waals surface area contributed by atoms with Gasteiger partial charge in [0.25, 0.3) is 0 Å². The van der Waals surface area contributed by atoms with Crippen molar-refractivity contribution >= 4 is 8.32 Å². The van der Waals surface area contributed by atoms with Gasteiger partial charge < -0.3 is 4.43 Å². The summed E-state index contributed by atoms with van der Waals surface area (Å²) in [6, 6.07) is 12.4. The maximum absolute atomic E-state index is 6.34. The van der Waals surface area contributed by atoms with Gasteiger partial charge in [-0.15, -0.1) is 0 Å². The van der Waals surface area contributed by atoms with Gasteiger partial charge in [0.15, 0.2) is 14.5 Å². The Hall–Kier alpha value is -1.39. The zero-order valence-electron chi connectivity index (χ0n) is 12.3. The molecule has 1 aromatic heterocycles. The van der Waals surface area contributed by atoms with Crippen LogP contribution in [-0.2, 0) is 4.43 Å². The molecule has 19 heavy (non-hydrogen) atoms. The molecule has 1 unspecified atom stereocenters. The van der Waals surface area contributed by atoms with Gasteiger partial charge in [-0.3, -0.25) is 0 Å². The first-order valence-electron chi connectivity index (χ1n) is 6.62. The molecule has 0 radical (unpaired) electrons. The lowest BCUT2D eigenvalue weighted by atomic mass is 10.2. The maximum Gasteiger partial charge on any atom is 0.187 e. The van der Waals surface area contributed by atoms with Gasteiger partial charge in [0.05, 0.1) is 5.69 Å². The van der Waals surface area contributed by atoms with Crippen molar-refractivity contribution in [1.29, 1.82) is 0 Å². The van der Waals surface area contributed by atoms with E-state index in [9.17, 15) is 0 Å². The molecular formula is C15H22N2OSi. The van der Waals surface area contributed by atoms with Crippen LogP contribution in [-0.4, -0.2) is 18.1 Å². The predicted octanol–water partition coefficient (Wildman–Crippen LogP) is 3.90. The molecule has 0 aliphatic rings. The number of rotatable bonds is 4. The molecule has 0 fully saturated rings. The van der Waals surface area contributed by atoms with Crippen molar-refractivity contribution in [2.75, 3.05) is 0 Å². The fourth-order valence-corrected chi connectivity index (χ4v) is 3.00. The fraction of sp³-hybridized carbons (Fsp3) is 0.400. The number of hydrogen-bond donors (Lipinski definition) is 0. The molecule has 1 atom stereocenters. The molecule has 0 saturated carbocycles. The first-order valence-corrected chi connectivity index (χ1v) is 10.0. The van der Waals surface area contributed by atoms with E-state index in [1.165, 1.54) is 0 Å². The topological polar surface area (TPSA) is 27.1 Å². The fourth-order valence-electron chi connectivity index (χ4n) is 2.10. The van der Waals surface area contributed by atoms with Crippen LogP contribution < -0.4 is 0 Å². The molecule has 102 valence electrons. The smallest absolute Gasteiger partial charge is 0.187 e. The minimum Gasteiger partial charge on any atom is -0.393 e. The second kappa shape index (κ2) is 5.31. The SMILES string of the molecule is Cc1cc(C)n(C(O[Si](C)(C)C)c2ccccc2)n1. The van der Waals surface area contributed by atoms with Gasteiger partial charge in [-0.25, -0.2) is 4.68 Å². The summed E-state index contributed by atoms with van der Waals surface area (Å²) in [6.45, 7) is 10.7. The highest BCUT2D eigenvalue weighted by Crippen LogP contribution is 2.25. The van der Waals surface area contributed by atoms with Crippen molar-refractivity contribution in [2.45, 2.75) is 39.7 Å². The minimum atomic E-state index is -1.66. The van der Waals surface area contributed by atoms with E-state index in [1.54, 1.807) is 0 Å². The zero-order chi connectivity index (χ0) is 14.0. The molecule has 0 amide bonds. The van der Waals surface area contributed by atoms with Crippen LogP contribution in [0, 0.1) is 13.8 Å². The quantitative estimate of drug-likeness (QED) is 0.791. The molecule has 1 aromatic carbocycles. The number of aryl methyl sites for hydroxylation is 2. The number of benzene rings is 1.